The molecular formula is C24H27NO5. The monoisotopic (exact) mass is 409 g/mol. The molecule has 1 aliphatic heterocycles. The number of nitrogens with zero attached hydrogens (tertiary/aromatic N) is 1. The number of likely N-dealkylation sites (tertiary alicyclic amines) is 1. The Bertz CT molecular complexity index is 911. The molecule has 1 heterocycles. The summed E-state index contributed by atoms with van der Waals surface area (Å²) in [6.07, 6.45) is 3.06. The first kappa shape index (κ1) is 21.6. The third-order valence-corrected chi connectivity index (χ3v) is 5.36. The average molecular weight is 409 g/mol. The summed E-state index contributed by atoms with van der Waals surface area (Å²) in [6, 6.07) is 14.4. The second kappa shape index (κ2) is 9.57. The lowest BCUT2D eigenvalue weighted by atomic mass is 9.97. The largest absolute Gasteiger partial charge is 0.452 e. The van der Waals surface area contributed by atoms with E-state index in [-0.39, 0.29) is 30.6 Å². The number of carbonyl (C=O) groups excluding carboxylic acids is 3. The summed E-state index contributed by atoms with van der Waals surface area (Å²) in [5.74, 6) is -0.601. The van der Waals surface area contributed by atoms with Gasteiger partial charge in [0.15, 0.2) is 6.61 Å². The molecule has 0 aromatic heterocycles. The fraction of sp³-hybridized carbons (Fsp3) is 0.375. The maximum absolute atomic E-state index is 12.6. The number of esters is 2. The summed E-state index contributed by atoms with van der Waals surface area (Å²) >= 11 is 0. The van der Waals surface area contributed by atoms with E-state index in [0.29, 0.717) is 11.3 Å². The lowest BCUT2D eigenvalue weighted by Crippen LogP contribution is -2.49. The zero-order valence-corrected chi connectivity index (χ0v) is 17.6. The number of piperidine rings is 1. The summed E-state index contributed by atoms with van der Waals surface area (Å²) in [5.41, 5.74) is 2.07. The zero-order chi connectivity index (χ0) is 21.7. The number of hydrogen-bond donors (Lipinski definition) is 0. The summed E-state index contributed by atoms with van der Waals surface area (Å²) < 4.78 is 10.3. The third-order valence-electron chi connectivity index (χ3n) is 5.36. The van der Waals surface area contributed by atoms with E-state index in [1.807, 2.05) is 36.9 Å². The maximum Gasteiger partial charge on any atom is 0.338 e. The van der Waals surface area contributed by atoms with Gasteiger partial charge >= 0.3 is 11.9 Å². The third kappa shape index (κ3) is 5.26. The second-order valence-electron chi connectivity index (χ2n) is 7.70. The van der Waals surface area contributed by atoms with Gasteiger partial charge in [0.25, 0.3) is 5.91 Å². The molecule has 6 heteroatoms. The van der Waals surface area contributed by atoms with Gasteiger partial charge in [-0.15, -0.1) is 0 Å². The van der Waals surface area contributed by atoms with Crippen molar-refractivity contribution in [2.45, 2.75) is 52.1 Å². The molecule has 2 aromatic rings. The lowest BCUT2D eigenvalue weighted by molar-refractivity contribution is -0.140. The minimum absolute atomic E-state index is 0.153. The maximum atomic E-state index is 12.6. The molecule has 0 bridgehead atoms. The van der Waals surface area contributed by atoms with E-state index in [2.05, 4.69) is 0 Å². The average Bonchev–Trinajstić information content (AvgIpc) is 2.72. The number of rotatable bonds is 5. The molecule has 0 aliphatic carbocycles. The van der Waals surface area contributed by atoms with Crippen LogP contribution < -0.4 is 4.74 Å². The standard InChI is InChI=1S/C24H27NO5/c1-16-6-4-7-17(2)25(16)23(27)15-29-24(28)21-9-5-8-20(14-21)19-10-12-22(13-11-19)30-18(3)26/h5,8-14,16-17H,4,6-7,15H2,1-3H3/t16-,17+. The van der Waals surface area contributed by atoms with Crippen molar-refractivity contribution in [3.63, 3.8) is 0 Å². The summed E-state index contributed by atoms with van der Waals surface area (Å²) in [7, 11) is 0. The van der Waals surface area contributed by atoms with Gasteiger partial charge in [0, 0.05) is 19.0 Å². The first-order valence-corrected chi connectivity index (χ1v) is 10.2. The molecule has 2 aromatic carbocycles. The minimum atomic E-state index is -0.529. The van der Waals surface area contributed by atoms with E-state index in [1.165, 1.54) is 6.92 Å². The van der Waals surface area contributed by atoms with E-state index in [0.717, 1.165) is 30.4 Å². The van der Waals surface area contributed by atoms with Gasteiger partial charge in [0.05, 0.1) is 5.56 Å². The van der Waals surface area contributed by atoms with Crippen LogP contribution in [0.4, 0.5) is 0 Å². The van der Waals surface area contributed by atoms with Gasteiger partial charge in [-0.3, -0.25) is 9.59 Å². The molecule has 6 nitrogen and oxygen atoms in total. The van der Waals surface area contributed by atoms with Crippen LogP contribution >= 0.6 is 0 Å². The Morgan fingerprint density at radius 3 is 2.27 bits per heavy atom. The second-order valence-corrected chi connectivity index (χ2v) is 7.70. The van der Waals surface area contributed by atoms with Gasteiger partial charge in [-0.1, -0.05) is 24.3 Å². The fourth-order valence-electron chi connectivity index (χ4n) is 3.91. The number of hydrogen-bond acceptors (Lipinski definition) is 5. The summed E-state index contributed by atoms with van der Waals surface area (Å²) in [6.45, 7) is 5.16. The van der Waals surface area contributed by atoms with Crippen LogP contribution in [0, 0.1) is 0 Å². The Hall–Kier alpha value is -3.15. The van der Waals surface area contributed by atoms with Crippen LogP contribution in [-0.4, -0.2) is 41.4 Å². The van der Waals surface area contributed by atoms with Crippen molar-refractivity contribution in [2.24, 2.45) is 0 Å². The molecule has 2 atom stereocenters. The van der Waals surface area contributed by atoms with Crippen molar-refractivity contribution in [3.05, 3.63) is 54.1 Å². The van der Waals surface area contributed by atoms with Crippen LogP contribution in [0.5, 0.6) is 5.75 Å². The minimum Gasteiger partial charge on any atom is -0.452 e. The smallest absolute Gasteiger partial charge is 0.338 e. The van der Waals surface area contributed by atoms with Crippen LogP contribution in [-0.2, 0) is 14.3 Å². The van der Waals surface area contributed by atoms with Crippen LogP contribution in [0.3, 0.4) is 0 Å². The predicted molar refractivity (Wildman–Crippen MR) is 113 cm³/mol. The van der Waals surface area contributed by atoms with Gasteiger partial charge in [-0.05, 0) is 68.5 Å². The fourth-order valence-corrected chi connectivity index (χ4v) is 3.91. The number of ether oxygens (including phenoxy) is 2. The highest BCUT2D eigenvalue weighted by molar-refractivity contribution is 5.92. The van der Waals surface area contributed by atoms with Crippen molar-refractivity contribution in [1.82, 2.24) is 4.90 Å². The molecule has 1 saturated heterocycles. The Morgan fingerprint density at radius 1 is 0.967 bits per heavy atom. The van der Waals surface area contributed by atoms with Crippen LogP contribution in [0.15, 0.2) is 48.5 Å². The molecule has 0 N–H and O–H groups in total. The molecule has 0 radical (unpaired) electrons. The van der Waals surface area contributed by atoms with Crippen molar-refractivity contribution in [1.29, 1.82) is 0 Å². The summed E-state index contributed by atoms with van der Waals surface area (Å²) in [5, 5.41) is 0. The molecule has 1 aliphatic rings. The van der Waals surface area contributed by atoms with Crippen molar-refractivity contribution in [3.8, 4) is 16.9 Å². The predicted octanol–water partition coefficient (Wildman–Crippen LogP) is 4.23. The molecule has 30 heavy (non-hydrogen) atoms. The molecule has 0 spiro atoms. The van der Waals surface area contributed by atoms with E-state index in [4.69, 9.17) is 9.47 Å². The van der Waals surface area contributed by atoms with Crippen LogP contribution in [0.25, 0.3) is 11.1 Å². The number of carbonyl (C=O) groups is 3. The van der Waals surface area contributed by atoms with Crippen molar-refractivity contribution < 1.29 is 23.9 Å². The van der Waals surface area contributed by atoms with Gasteiger partial charge < -0.3 is 14.4 Å². The quantitative estimate of drug-likeness (QED) is 0.546. The molecule has 0 saturated carbocycles. The van der Waals surface area contributed by atoms with Crippen molar-refractivity contribution >= 4 is 17.8 Å². The lowest BCUT2D eigenvalue weighted by Gasteiger charge is -2.38. The highest BCUT2D eigenvalue weighted by Gasteiger charge is 2.29. The van der Waals surface area contributed by atoms with Gasteiger partial charge in [-0.25, -0.2) is 4.79 Å². The first-order valence-electron chi connectivity index (χ1n) is 10.2. The van der Waals surface area contributed by atoms with Crippen LogP contribution in [0.2, 0.25) is 0 Å². The number of amides is 1. The normalized spacial score (nSPS) is 18.6. The Balaban J connectivity index is 1.64. The van der Waals surface area contributed by atoms with Gasteiger partial charge in [0.1, 0.15) is 5.75 Å². The number of benzene rings is 2. The van der Waals surface area contributed by atoms with Crippen LogP contribution in [0.1, 0.15) is 50.4 Å². The molecule has 0 unspecified atom stereocenters. The summed E-state index contributed by atoms with van der Waals surface area (Å²) in [4.78, 5) is 37.9. The van der Waals surface area contributed by atoms with E-state index >= 15 is 0 Å². The molecule has 1 amide bonds. The van der Waals surface area contributed by atoms with E-state index in [9.17, 15) is 14.4 Å². The van der Waals surface area contributed by atoms with E-state index < -0.39 is 5.97 Å². The highest BCUT2D eigenvalue weighted by atomic mass is 16.5. The Morgan fingerprint density at radius 2 is 1.63 bits per heavy atom. The van der Waals surface area contributed by atoms with Crippen molar-refractivity contribution in [2.75, 3.05) is 6.61 Å². The molecule has 158 valence electrons. The van der Waals surface area contributed by atoms with Gasteiger partial charge in [0.2, 0.25) is 0 Å². The molecular weight excluding hydrogens is 382 g/mol. The SMILES string of the molecule is CC(=O)Oc1ccc(-c2cccc(C(=O)OCC(=O)N3[C@H](C)CCC[C@@H]3C)c2)cc1. The highest BCUT2D eigenvalue weighted by Crippen LogP contribution is 2.25. The molecule has 3 rings (SSSR count). The van der Waals surface area contributed by atoms with Gasteiger partial charge in [-0.2, -0.15) is 0 Å². The Kier molecular flexibility index (Phi) is 6.87. The first-order chi connectivity index (χ1) is 14.3. The Labute approximate surface area is 176 Å². The van der Waals surface area contributed by atoms with E-state index in [1.54, 1.807) is 30.3 Å². The molecule has 1 fully saturated rings. The zero-order valence-electron chi connectivity index (χ0n) is 17.6. The topological polar surface area (TPSA) is 72.9 Å².